The minimum atomic E-state index is -5.34. The van der Waals surface area contributed by atoms with E-state index >= 15 is 0 Å². The van der Waals surface area contributed by atoms with E-state index < -0.39 is 199 Å². The summed E-state index contributed by atoms with van der Waals surface area (Å²) in [6, 6.07) is 3.13. The molecule has 0 radical (unpaired) electrons. The maximum atomic E-state index is 14.7. The Hall–Kier alpha value is -8.45. The Kier molecular flexibility index (Phi) is 21.4. The molecule has 3 fully saturated rings. The van der Waals surface area contributed by atoms with E-state index in [1.54, 1.807) is 22.8 Å². The predicted molar refractivity (Wildman–Crippen MR) is 312 cm³/mol. The Morgan fingerprint density at radius 3 is 2.12 bits per heavy atom. The van der Waals surface area contributed by atoms with Gasteiger partial charge < -0.3 is 91.9 Å². The largest absolute Gasteiger partial charge is 0.504 e. The van der Waals surface area contributed by atoms with Gasteiger partial charge in [0.15, 0.2) is 11.5 Å². The molecule has 16 N–H and O–H groups in total. The van der Waals surface area contributed by atoms with Crippen molar-refractivity contribution in [1.29, 1.82) is 0 Å². The zero-order valence-electron chi connectivity index (χ0n) is 48.4. The number of aromatic hydroxyl groups is 1. The second-order valence-electron chi connectivity index (χ2n) is 22.1. The summed E-state index contributed by atoms with van der Waals surface area (Å²) in [5.74, 6) is -12.4. The van der Waals surface area contributed by atoms with E-state index in [4.69, 9.17) is 15.5 Å². The maximum absolute atomic E-state index is 14.7. The highest BCUT2D eigenvalue weighted by atomic mass is 32.3. The minimum absolute atomic E-state index is 0.0282. The number of nitrogens with one attached hydrogen (secondary N) is 5. The number of fused-ring (bicyclic) bond motifs is 3. The number of phenolic OH excluding ortho intramolecular Hbond substituents is 1. The molecule has 8 rings (SSSR count). The van der Waals surface area contributed by atoms with Gasteiger partial charge in [0.1, 0.15) is 59.2 Å². The number of carbonyl (C=O) groups excluding carboxylic acids is 8. The first-order valence-electron chi connectivity index (χ1n) is 28.4. The van der Waals surface area contributed by atoms with Crippen LogP contribution in [0, 0.1) is 5.92 Å². The summed E-state index contributed by atoms with van der Waals surface area (Å²) in [6.07, 6.45) is -13.1. The standard InChI is InChI=1S/C56H69N11O21S2/c1-4-5-16-87-33-13-10-29(11-14-33)53-64-67-24-35(60-56(67)89-53)27-6-8-28(9-7-27)48(77)59-34-18-31(69)21-58-52(81)44-45(74)25(2)22-66(44)55(83)42(38(72)20-40(57)73)62-51(80)43(47(76)46(75)30-12-15-37(71)39(17-30)88-90(84,85)86)63-50(79)36-19-32(70)23-65(36)54(82)41(26(3)68)61-49(34)78/h6-15,17,24-26,31-32,34,36,38,41-47,68-72,74-76H,4-5,16,18-23H2,1-3H3,(H2,57,73)(H,58,81)(H,59,77)(H,61,78)(H,62,80)(H,63,79)(H,84,85,86)/t25-,26+,31-,32+,34-,36?,38+,41?,42?,43?,44?,45-,46-,47-/m0/s1. The molecule has 2 aromatic heterocycles. The first kappa shape index (κ1) is 67.5. The average Bonchev–Trinajstić information content (AvgIpc) is 1.64. The van der Waals surface area contributed by atoms with E-state index in [0.29, 0.717) is 43.7 Å². The molecule has 0 spiro atoms. The Bertz CT molecular complexity index is 3560. The van der Waals surface area contributed by atoms with Gasteiger partial charge >= 0.3 is 10.4 Å². The van der Waals surface area contributed by atoms with Crippen LogP contribution >= 0.6 is 11.3 Å². The fourth-order valence-corrected chi connectivity index (χ4v) is 11.8. The van der Waals surface area contributed by atoms with Crippen molar-refractivity contribution in [2.24, 2.45) is 11.7 Å². The summed E-state index contributed by atoms with van der Waals surface area (Å²) >= 11 is 1.34. The van der Waals surface area contributed by atoms with Crippen LogP contribution in [0.15, 0.2) is 72.9 Å². The number of nitrogens with two attached hydrogens (primary N) is 1. The smallest absolute Gasteiger partial charge is 0.446 e. The molecule has 5 heterocycles. The molecular formula is C56H69N11O21S2. The van der Waals surface area contributed by atoms with Crippen molar-refractivity contribution in [3.63, 3.8) is 0 Å². The second kappa shape index (κ2) is 28.6. The first-order chi connectivity index (χ1) is 42.5. The number of aliphatic hydroxyl groups is 7. The van der Waals surface area contributed by atoms with Gasteiger partial charge in [-0.1, -0.05) is 49.8 Å². The molecule has 5 aromatic rings. The highest BCUT2D eigenvalue weighted by Gasteiger charge is 2.50. The summed E-state index contributed by atoms with van der Waals surface area (Å²) in [6.45, 7) is 3.22. The van der Waals surface area contributed by atoms with Crippen molar-refractivity contribution >= 4 is 74.0 Å². The number of nitrogens with zero attached hydrogens (tertiary/aromatic N) is 5. The van der Waals surface area contributed by atoms with Gasteiger partial charge in [0.2, 0.25) is 46.3 Å². The second-order valence-corrected chi connectivity index (χ2v) is 24.1. The van der Waals surface area contributed by atoms with Crippen molar-refractivity contribution in [2.45, 2.75) is 132 Å². The third-order valence-corrected chi connectivity index (χ3v) is 16.7. The fraction of sp³-hybridized carbons (Fsp3) is 0.464. The summed E-state index contributed by atoms with van der Waals surface area (Å²) in [5, 5.41) is 107. The van der Waals surface area contributed by atoms with Gasteiger partial charge in [-0.05, 0) is 67.4 Å². The first-order valence-corrected chi connectivity index (χ1v) is 30.6. The van der Waals surface area contributed by atoms with Crippen molar-refractivity contribution < 1.29 is 101 Å². The molecular weight excluding hydrogens is 1230 g/mol. The highest BCUT2D eigenvalue weighted by Crippen LogP contribution is 2.34. The lowest BCUT2D eigenvalue weighted by Crippen LogP contribution is -2.64. The summed E-state index contributed by atoms with van der Waals surface area (Å²) in [5.41, 5.74) is 6.66. The molecule has 8 amide bonds. The summed E-state index contributed by atoms with van der Waals surface area (Å²) < 4.78 is 44.1. The molecule has 32 nitrogen and oxygen atoms in total. The van der Waals surface area contributed by atoms with Crippen LogP contribution in [0.25, 0.3) is 26.8 Å². The van der Waals surface area contributed by atoms with Gasteiger partial charge in [-0.15, -0.1) is 0 Å². The zero-order chi connectivity index (χ0) is 65.6. The summed E-state index contributed by atoms with van der Waals surface area (Å²) in [7, 11) is -5.34. The van der Waals surface area contributed by atoms with Gasteiger partial charge in [0, 0.05) is 55.1 Å². The van der Waals surface area contributed by atoms with Gasteiger partial charge in [0.05, 0.1) is 55.4 Å². The van der Waals surface area contributed by atoms with Crippen LogP contribution in [0.1, 0.15) is 74.9 Å². The quantitative estimate of drug-likeness (QED) is 0.0317. The monoisotopic (exact) mass is 1300 g/mol. The van der Waals surface area contributed by atoms with E-state index in [1.165, 1.54) is 30.4 Å². The molecule has 14 atom stereocenters. The van der Waals surface area contributed by atoms with Crippen LogP contribution in [0.2, 0.25) is 0 Å². The number of amides is 8. The van der Waals surface area contributed by atoms with Gasteiger partial charge in [0.25, 0.3) is 5.91 Å². The number of imidazole rings is 1. The highest BCUT2D eigenvalue weighted by molar-refractivity contribution is 7.81. The molecule has 0 saturated carbocycles. The molecule has 34 heteroatoms. The number of phenols is 1. The number of primary amides is 1. The fourth-order valence-electron chi connectivity index (χ4n) is 10.5. The predicted octanol–water partition coefficient (Wildman–Crippen LogP) is -3.49. The van der Waals surface area contributed by atoms with Crippen LogP contribution in [-0.2, 0) is 44.0 Å². The van der Waals surface area contributed by atoms with E-state index in [-0.39, 0.29) is 5.56 Å². The molecule has 0 bridgehead atoms. The lowest BCUT2D eigenvalue weighted by Gasteiger charge is -2.34. The van der Waals surface area contributed by atoms with Crippen LogP contribution < -0.4 is 41.2 Å². The molecule has 90 heavy (non-hydrogen) atoms. The van der Waals surface area contributed by atoms with Crippen molar-refractivity contribution in [3.8, 4) is 39.1 Å². The molecule has 486 valence electrons. The number of aromatic nitrogens is 3. The molecule has 0 aliphatic carbocycles. The molecule has 3 aromatic carbocycles. The van der Waals surface area contributed by atoms with E-state index in [1.807, 2.05) is 24.3 Å². The van der Waals surface area contributed by atoms with Crippen LogP contribution in [0.3, 0.4) is 0 Å². The maximum Gasteiger partial charge on any atom is 0.446 e. The topological polar surface area (TPSA) is 494 Å². The number of hydrogen-bond donors (Lipinski definition) is 15. The number of unbranched alkanes of at least 4 members (excludes halogenated alkanes) is 1. The number of ether oxygens (including phenoxy) is 1. The normalized spacial score (nSPS) is 25.5. The molecule has 3 saturated heterocycles. The van der Waals surface area contributed by atoms with Gasteiger partial charge in [-0.25, -0.2) is 9.50 Å². The van der Waals surface area contributed by atoms with Gasteiger partial charge in [-0.2, -0.15) is 13.5 Å². The Morgan fingerprint density at radius 2 is 1.48 bits per heavy atom. The summed E-state index contributed by atoms with van der Waals surface area (Å²) in [4.78, 5) is 120. The molecule has 3 aliphatic rings. The number of hydrogen-bond acceptors (Lipinski definition) is 23. The van der Waals surface area contributed by atoms with Crippen molar-refractivity contribution in [1.82, 2.24) is 51.0 Å². The Labute approximate surface area is 516 Å². The SMILES string of the molecule is CCCCOc1ccc(-c2nn3cc(-c4ccc(C(=O)N[C@H]5C[C@H](O)CNC(=O)C6[C@@H](O)[C@@H](C)CN6C(=O)C([C@H](O)CC(N)=O)NC(=O)C([C@H](O)[C@@H](O)c6ccc(O)c(OS(=O)(=O)O)c6)NC(=O)C6C[C@@H](O)CN6C(=O)C([C@@H](C)O)NC5=O)cc4)nc3s2)cc1. The number of carbonyl (C=O) groups is 8. The Morgan fingerprint density at radius 1 is 0.822 bits per heavy atom. The molecule has 3 aliphatic heterocycles. The average molecular weight is 1300 g/mol. The lowest BCUT2D eigenvalue weighted by atomic mass is 9.96. The molecule has 5 unspecified atom stereocenters. The Balaban J connectivity index is 1.10. The number of rotatable bonds is 17. The van der Waals surface area contributed by atoms with Crippen LogP contribution in [0.4, 0.5) is 0 Å². The van der Waals surface area contributed by atoms with E-state index in [0.717, 1.165) is 43.2 Å². The van der Waals surface area contributed by atoms with Gasteiger partial charge in [-0.3, -0.25) is 42.9 Å². The third kappa shape index (κ3) is 15.9. The zero-order valence-corrected chi connectivity index (χ0v) is 50.1. The van der Waals surface area contributed by atoms with Crippen LogP contribution in [0.5, 0.6) is 17.2 Å². The van der Waals surface area contributed by atoms with Crippen LogP contribution in [-0.4, -0.2) is 225 Å². The number of benzene rings is 3. The van der Waals surface area contributed by atoms with E-state index in [9.17, 15) is 92.2 Å². The minimum Gasteiger partial charge on any atom is -0.504 e. The van der Waals surface area contributed by atoms with Crippen molar-refractivity contribution in [3.05, 3.63) is 84.1 Å². The number of aliphatic hydroxyl groups excluding tert-OH is 7. The van der Waals surface area contributed by atoms with Crippen molar-refractivity contribution in [2.75, 3.05) is 26.2 Å². The van der Waals surface area contributed by atoms with E-state index in [2.05, 4.69) is 42.8 Å². The third-order valence-electron chi connectivity index (χ3n) is 15.3. The lowest BCUT2D eigenvalue weighted by molar-refractivity contribution is -0.148. The number of β-amino-alcohol motifs (C(OH)–C–C–N with tert-alkyl or cyclic N) is 1.